The predicted octanol–water partition coefficient (Wildman–Crippen LogP) is 3.72. The molecule has 2 aromatic carbocycles. The third kappa shape index (κ3) is 6.23. The monoisotopic (exact) mass is 414 g/mol. The lowest BCUT2D eigenvalue weighted by Crippen LogP contribution is -2.51. The highest BCUT2D eigenvalue weighted by atomic mass is 35.5. The van der Waals surface area contributed by atoms with E-state index in [1.54, 1.807) is 17.0 Å². The first kappa shape index (κ1) is 21.2. The maximum absolute atomic E-state index is 12.4. The Morgan fingerprint density at radius 3 is 2.28 bits per heavy atom. The average Bonchev–Trinajstić information content (AvgIpc) is 2.74. The molecule has 6 heteroatoms. The van der Waals surface area contributed by atoms with Crippen molar-refractivity contribution in [3.8, 4) is 5.75 Å². The number of carbonyl (C=O) groups excluding carboxylic acids is 2. The predicted molar refractivity (Wildman–Crippen MR) is 114 cm³/mol. The van der Waals surface area contributed by atoms with Crippen LogP contribution in [0.3, 0.4) is 0 Å². The van der Waals surface area contributed by atoms with Gasteiger partial charge in [-0.3, -0.25) is 9.59 Å². The van der Waals surface area contributed by atoms with E-state index < -0.39 is 0 Å². The lowest BCUT2D eigenvalue weighted by molar-refractivity contribution is -0.140. The second-order valence-electron chi connectivity index (χ2n) is 7.30. The first-order valence-electron chi connectivity index (χ1n) is 10.0. The zero-order chi connectivity index (χ0) is 20.6. The van der Waals surface area contributed by atoms with Gasteiger partial charge in [-0.15, -0.1) is 0 Å². The van der Waals surface area contributed by atoms with Gasteiger partial charge in [-0.25, -0.2) is 0 Å². The fraction of sp³-hybridized carbons (Fsp3) is 0.391. The highest BCUT2D eigenvalue weighted by molar-refractivity contribution is 6.30. The number of halogens is 1. The number of nitrogens with zero attached hydrogens (tertiary/aromatic N) is 2. The van der Waals surface area contributed by atoms with Crippen LogP contribution in [0.5, 0.6) is 5.75 Å². The van der Waals surface area contributed by atoms with E-state index in [1.165, 1.54) is 5.56 Å². The van der Waals surface area contributed by atoms with Crippen molar-refractivity contribution in [2.24, 2.45) is 0 Å². The lowest BCUT2D eigenvalue weighted by atomic mass is 10.1. The smallest absolute Gasteiger partial charge is 0.260 e. The van der Waals surface area contributed by atoms with Gasteiger partial charge in [0, 0.05) is 37.6 Å². The molecule has 2 amide bonds. The summed E-state index contributed by atoms with van der Waals surface area (Å²) in [6, 6.07) is 15.5. The van der Waals surface area contributed by atoms with Gasteiger partial charge >= 0.3 is 0 Å². The quantitative estimate of drug-likeness (QED) is 0.693. The van der Waals surface area contributed by atoms with Crippen LogP contribution in [0.2, 0.25) is 5.02 Å². The second-order valence-corrected chi connectivity index (χ2v) is 7.74. The van der Waals surface area contributed by atoms with E-state index in [2.05, 4.69) is 12.1 Å². The van der Waals surface area contributed by atoms with E-state index in [1.807, 2.05) is 36.1 Å². The Labute approximate surface area is 177 Å². The molecule has 3 rings (SSSR count). The summed E-state index contributed by atoms with van der Waals surface area (Å²) in [5.41, 5.74) is 2.16. The van der Waals surface area contributed by atoms with Crippen LogP contribution in [0, 0.1) is 6.92 Å². The summed E-state index contributed by atoms with van der Waals surface area (Å²) in [6.45, 7) is 4.14. The third-order valence-electron chi connectivity index (χ3n) is 5.17. The second kappa shape index (κ2) is 10.3. The molecule has 1 aliphatic heterocycles. The molecule has 0 atom stereocenters. The molecular weight excluding hydrogens is 388 g/mol. The van der Waals surface area contributed by atoms with Gasteiger partial charge in [0.1, 0.15) is 5.75 Å². The third-order valence-corrected chi connectivity index (χ3v) is 5.41. The van der Waals surface area contributed by atoms with Crippen LogP contribution < -0.4 is 4.74 Å². The van der Waals surface area contributed by atoms with Crippen LogP contribution >= 0.6 is 11.6 Å². The maximum atomic E-state index is 12.4. The van der Waals surface area contributed by atoms with E-state index in [9.17, 15) is 9.59 Å². The van der Waals surface area contributed by atoms with E-state index >= 15 is 0 Å². The normalized spacial score (nSPS) is 14.0. The Hall–Kier alpha value is -2.53. The first-order valence-corrected chi connectivity index (χ1v) is 10.4. The number of amides is 2. The molecule has 1 saturated heterocycles. The molecule has 0 bridgehead atoms. The van der Waals surface area contributed by atoms with E-state index in [4.69, 9.17) is 16.3 Å². The van der Waals surface area contributed by atoms with Crippen LogP contribution in [-0.4, -0.2) is 54.4 Å². The topological polar surface area (TPSA) is 49.9 Å². The molecule has 0 spiro atoms. The van der Waals surface area contributed by atoms with Crippen molar-refractivity contribution >= 4 is 23.4 Å². The summed E-state index contributed by atoms with van der Waals surface area (Å²) >= 11 is 5.94. The molecule has 0 N–H and O–H groups in total. The number of hydrogen-bond acceptors (Lipinski definition) is 3. The highest BCUT2D eigenvalue weighted by Gasteiger charge is 2.24. The zero-order valence-corrected chi connectivity index (χ0v) is 17.5. The number of ether oxygens (including phenoxy) is 1. The molecule has 1 fully saturated rings. The molecule has 1 aliphatic rings. The lowest BCUT2D eigenvalue weighted by Gasteiger charge is -2.34. The standard InChI is InChI=1S/C23H27ClN2O3/c1-18-16-20(24)10-11-21(18)29-17-23(28)26-14-12-25(13-15-26)22(27)9-5-8-19-6-3-2-4-7-19/h2-4,6-7,10-11,16H,5,8-9,12-15,17H2,1H3. The van der Waals surface area contributed by atoms with Crippen molar-refractivity contribution in [3.05, 3.63) is 64.7 Å². The van der Waals surface area contributed by atoms with Gasteiger partial charge in [-0.05, 0) is 49.1 Å². The molecule has 29 heavy (non-hydrogen) atoms. The van der Waals surface area contributed by atoms with Crippen LogP contribution in [0.1, 0.15) is 24.0 Å². The minimum atomic E-state index is -0.0597. The molecule has 154 valence electrons. The minimum absolute atomic E-state index is 0.00645. The van der Waals surface area contributed by atoms with Gasteiger partial charge in [0.25, 0.3) is 5.91 Å². The maximum Gasteiger partial charge on any atom is 0.260 e. The summed E-state index contributed by atoms with van der Waals surface area (Å²) in [5.74, 6) is 0.770. The SMILES string of the molecule is Cc1cc(Cl)ccc1OCC(=O)N1CCN(C(=O)CCCc2ccccc2)CC1. The number of piperazine rings is 1. The van der Waals surface area contributed by atoms with Gasteiger partial charge in [0.15, 0.2) is 6.61 Å². The number of rotatable bonds is 7. The van der Waals surface area contributed by atoms with Gasteiger partial charge in [-0.2, -0.15) is 0 Å². The summed E-state index contributed by atoms with van der Waals surface area (Å²) < 4.78 is 5.65. The molecule has 2 aromatic rings. The van der Waals surface area contributed by atoms with Crippen molar-refractivity contribution < 1.29 is 14.3 Å². The number of benzene rings is 2. The summed E-state index contributed by atoms with van der Waals surface area (Å²) in [5, 5.41) is 0.644. The first-order chi connectivity index (χ1) is 14.0. The number of carbonyl (C=O) groups is 2. The summed E-state index contributed by atoms with van der Waals surface area (Å²) in [4.78, 5) is 28.5. The summed E-state index contributed by atoms with van der Waals surface area (Å²) in [7, 11) is 0. The Kier molecular flexibility index (Phi) is 7.53. The van der Waals surface area contributed by atoms with Crippen molar-refractivity contribution in [1.82, 2.24) is 9.80 Å². The molecule has 0 radical (unpaired) electrons. The van der Waals surface area contributed by atoms with E-state index in [0.717, 1.165) is 18.4 Å². The molecular formula is C23H27ClN2O3. The van der Waals surface area contributed by atoms with Crippen LogP contribution in [0.4, 0.5) is 0 Å². The summed E-state index contributed by atoms with van der Waals surface area (Å²) in [6.07, 6.45) is 2.30. The van der Waals surface area contributed by atoms with E-state index in [-0.39, 0.29) is 18.4 Å². The zero-order valence-electron chi connectivity index (χ0n) is 16.8. The average molecular weight is 415 g/mol. The van der Waals surface area contributed by atoms with Gasteiger partial charge in [-0.1, -0.05) is 41.9 Å². The van der Waals surface area contributed by atoms with Crippen molar-refractivity contribution in [2.75, 3.05) is 32.8 Å². The molecule has 5 nitrogen and oxygen atoms in total. The molecule has 0 aliphatic carbocycles. The van der Waals surface area contributed by atoms with Gasteiger partial charge in [0.2, 0.25) is 5.91 Å². The Morgan fingerprint density at radius 1 is 0.966 bits per heavy atom. The molecule has 0 saturated carbocycles. The van der Waals surface area contributed by atoms with Crippen molar-refractivity contribution in [2.45, 2.75) is 26.2 Å². The largest absolute Gasteiger partial charge is 0.483 e. The molecule has 1 heterocycles. The van der Waals surface area contributed by atoms with Crippen molar-refractivity contribution in [1.29, 1.82) is 0 Å². The number of aryl methyl sites for hydroxylation is 2. The molecule has 0 aromatic heterocycles. The van der Waals surface area contributed by atoms with Gasteiger partial charge in [0.05, 0.1) is 0 Å². The van der Waals surface area contributed by atoms with Crippen LogP contribution in [0.25, 0.3) is 0 Å². The van der Waals surface area contributed by atoms with E-state index in [0.29, 0.717) is 43.4 Å². The number of hydrogen-bond donors (Lipinski definition) is 0. The highest BCUT2D eigenvalue weighted by Crippen LogP contribution is 2.21. The minimum Gasteiger partial charge on any atom is -0.483 e. The van der Waals surface area contributed by atoms with Crippen LogP contribution in [0.15, 0.2) is 48.5 Å². The Balaban J connectivity index is 1.37. The molecule has 0 unspecified atom stereocenters. The fourth-order valence-corrected chi connectivity index (χ4v) is 3.68. The Bertz CT molecular complexity index is 833. The Morgan fingerprint density at radius 2 is 1.62 bits per heavy atom. The van der Waals surface area contributed by atoms with Crippen molar-refractivity contribution in [3.63, 3.8) is 0 Å². The van der Waals surface area contributed by atoms with Crippen LogP contribution in [-0.2, 0) is 16.0 Å². The fourth-order valence-electron chi connectivity index (χ4n) is 3.46. The van der Waals surface area contributed by atoms with Gasteiger partial charge < -0.3 is 14.5 Å².